The smallest absolute Gasteiger partial charge is 0.167 e. The van der Waals surface area contributed by atoms with E-state index in [-0.39, 0.29) is 0 Å². The zero-order valence-electron chi connectivity index (χ0n) is 38.4. The Bertz CT molecular complexity index is 4550. The second-order valence-electron chi connectivity index (χ2n) is 18.2. The molecule has 15 aromatic rings. The Balaban J connectivity index is 1.20. The van der Waals surface area contributed by atoms with Crippen molar-refractivity contribution in [2.45, 2.75) is 0 Å². The van der Waals surface area contributed by atoms with Crippen molar-refractivity contribution in [2.75, 3.05) is 0 Å². The van der Waals surface area contributed by atoms with Crippen molar-refractivity contribution in [1.29, 1.82) is 5.26 Å². The van der Waals surface area contributed by atoms with E-state index >= 15 is 0 Å². The lowest BCUT2D eigenvalue weighted by molar-refractivity contribution is 0.666. The summed E-state index contributed by atoms with van der Waals surface area (Å²) in [6.07, 6.45) is 0. The second kappa shape index (κ2) is 15.5. The number of nitriles is 1. The fourth-order valence-corrected chi connectivity index (χ4v) is 11.3. The standard InChI is InChI=1S/C64H37N7O/c65-38-49-57(69-50-32-13-7-24-41(50)42-25-8-14-33-51(42)69)59(71-54-36-17-11-28-45(54)46-29-12-18-37-55(46)71)56-47-30-19-31-48(64-67-62(39-20-3-1-4-21-39)66-63(68-64)40-22-5-2-6-23-40)60(47)72-61(56)58(49)70-52-34-15-9-26-43(52)44-27-10-16-35-53(44)70/h1-37H. The molecule has 5 heterocycles. The van der Waals surface area contributed by atoms with Crippen LogP contribution < -0.4 is 0 Å². The molecule has 0 N–H and O–H groups in total. The van der Waals surface area contributed by atoms with Crippen LogP contribution >= 0.6 is 0 Å². The van der Waals surface area contributed by atoms with E-state index in [0.717, 1.165) is 98.7 Å². The van der Waals surface area contributed by atoms with Crippen molar-refractivity contribution in [2.24, 2.45) is 0 Å². The summed E-state index contributed by atoms with van der Waals surface area (Å²) in [5, 5.41) is 20.5. The van der Waals surface area contributed by atoms with E-state index in [4.69, 9.17) is 19.4 Å². The first kappa shape index (κ1) is 39.9. The highest BCUT2D eigenvalue weighted by atomic mass is 16.3. The summed E-state index contributed by atoms with van der Waals surface area (Å²) in [5.41, 5.74) is 12.1. The minimum atomic E-state index is 0.455. The first-order valence-electron chi connectivity index (χ1n) is 24.0. The number of nitrogens with zero attached hydrogens (tertiary/aromatic N) is 7. The van der Waals surface area contributed by atoms with Gasteiger partial charge in [0.05, 0.1) is 55.4 Å². The van der Waals surface area contributed by atoms with Crippen molar-refractivity contribution in [1.82, 2.24) is 28.7 Å². The molecule has 334 valence electrons. The lowest BCUT2D eigenvalue weighted by Gasteiger charge is -2.22. The quantitative estimate of drug-likeness (QED) is 0.166. The molecular formula is C64H37N7O. The predicted molar refractivity (Wildman–Crippen MR) is 291 cm³/mol. The van der Waals surface area contributed by atoms with Crippen LogP contribution in [0.2, 0.25) is 0 Å². The highest BCUT2D eigenvalue weighted by Crippen LogP contribution is 2.50. The summed E-state index contributed by atoms with van der Waals surface area (Å²) in [5.74, 6) is 1.56. The van der Waals surface area contributed by atoms with Crippen LogP contribution in [-0.4, -0.2) is 28.7 Å². The lowest BCUT2D eigenvalue weighted by Crippen LogP contribution is -2.10. The molecule has 15 rings (SSSR count). The molecule has 0 radical (unpaired) electrons. The van der Waals surface area contributed by atoms with Crippen LogP contribution in [0.15, 0.2) is 229 Å². The average Bonchev–Trinajstić information content (AvgIpc) is 4.20. The highest BCUT2D eigenvalue weighted by molar-refractivity contribution is 6.22. The number of furan rings is 1. The van der Waals surface area contributed by atoms with Crippen LogP contribution in [0.5, 0.6) is 0 Å². The molecule has 10 aromatic carbocycles. The van der Waals surface area contributed by atoms with E-state index in [2.05, 4.69) is 177 Å². The molecular weight excluding hydrogens is 883 g/mol. The van der Waals surface area contributed by atoms with Gasteiger partial charge in [-0.15, -0.1) is 0 Å². The van der Waals surface area contributed by atoms with E-state index in [1.165, 1.54) is 0 Å². The summed E-state index contributed by atoms with van der Waals surface area (Å²) >= 11 is 0. The number of benzene rings is 10. The van der Waals surface area contributed by atoms with Gasteiger partial charge in [-0.05, 0) is 42.5 Å². The Labute approximate surface area is 411 Å². The number of fused-ring (bicyclic) bond motifs is 12. The van der Waals surface area contributed by atoms with Gasteiger partial charge < -0.3 is 18.1 Å². The fourth-order valence-electron chi connectivity index (χ4n) is 11.3. The molecule has 0 aliphatic rings. The minimum absolute atomic E-state index is 0.455. The molecule has 0 saturated carbocycles. The van der Waals surface area contributed by atoms with Crippen molar-refractivity contribution in [3.8, 4) is 57.3 Å². The maximum absolute atomic E-state index is 12.3. The van der Waals surface area contributed by atoms with E-state index in [9.17, 15) is 5.26 Å². The number of aromatic nitrogens is 6. The van der Waals surface area contributed by atoms with Gasteiger partial charge in [0.2, 0.25) is 0 Å². The average molecular weight is 920 g/mol. The third-order valence-electron chi connectivity index (χ3n) is 14.3. The van der Waals surface area contributed by atoms with Gasteiger partial charge in [0, 0.05) is 48.8 Å². The molecule has 0 saturated heterocycles. The number of hydrogen-bond acceptors (Lipinski definition) is 5. The lowest BCUT2D eigenvalue weighted by atomic mass is 10.00. The summed E-state index contributed by atoms with van der Waals surface area (Å²) in [6, 6.07) is 80.1. The summed E-state index contributed by atoms with van der Waals surface area (Å²) < 4.78 is 14.5. The van der Waals surface area contributed by atoms with Crippen LogP contribution in [0.4, 0.5) is 0 Å². The van der Waals surface area contributed by atoms with E-state index in [0.29, 0.717) is 45.5 Å². The summed E-state index contributed by atoms with van der Waals surface area (Å²) in [6.45, 7) is 0. The number of rotatable bonds is 6. The third kappa shape index (κ3) is 5.64. The monoisotopic (exact) mass is 919 g/mol. The Morgan fingerprint density at radius 3 is 1.08 bits per heavy atom. The molecule has 0 bridgehead atoms. The zero-order valence-corrected chi connectivity index (χ0v) is 38.4. The van der Waals surface area contributed by atoms with Crippen molar-refractivity contribution >= 4 is 87.4 Å². The maximum Gasteiger partial charge on any atom is 0.167 e. The number of hydrogen-bond donors (Lipinski definition) is 0. The van der Waals surface area contributed by atoms with Crippen molar-refractivity contribution in [3.05, 3.63) is 230 Å². The van der Waals surface area contributed by atoms with Gasteiger partial charge in [0.15, 0.2) is 23.1 Å². The first-order chi connectivity index (χ1) is 35.7. The molecule has 0 unspecified atom stereocenters. The van der Waals surface area contributed by atoms with Crippen molar-refractivity contribution < 1.29 is 4.42 Å². The summed E-state index contributed by atoms with van der Waals surface area (Å²) in [4.78, 5) is 15.5. The van der Waals surface area contributed by atoms with Gasteiger partial charge in [-0.3, -0.25) is 0 Å². The molecule has 0 amide bonds. The third-order valence-corrected chi connectivity index (χ3v) is 14.3. The largest absolute Gasteiger partial charge is 0.453 e. The molecule has 0 atom stereocenters. The van der Waals surface area contributed by atoms with Gasteiger partial charge in [-0.1, -0.05) is 182 Å². The first-order valence-corrected chi connectivity index (χ1v) is 24.0. The Kier molecular flexibility index (Phi) is 8.55. The number of para-hydroxylation sites is 7. The predicted octanol–water partition coefficient (Wildman–Crippen LogP) is 15.9. The Hall–Kier alpha value is -10.1. The van der Waals surface area contributed by atoms with Crippen LogP contribution in [0.25, 0.3) is 139 Å². The maximum atomic E-state index is 12.3. The molecule has 0 spiro atoms. The van der Waals surface area contributed by atoms with Gasteiger partial charge >= 0.3 is 0 Å². The molecule has 0 aliphatic heterocycles. The van der Waals surface area contributed by atoms with E-state index in [1.54, 1.807) is 0 Å². The molecule has 72 heavy (non-hydrogen) atoms. The molecule has 8 heteroatoms. The SMILES string of the molecule is N#Cc1c(-n2c3ccccc3c3ccccc32)c(-n2c3ccccc3c3ccccc32)c2c(oc3c(-c4nc(-c5ccccc5)nc(-c5ccccc5)n4)cccc32)c1-n1c2ccccc2c2ccccc21. The Morgan fingerprint density at radius 1 is 0.319 bits per heavy atom. The highest BCUT2D eigenvalue weighted by Gasteiger charge is 2.33. The van der Waals surface area contributed by atoms with Crippen LogP contribution in [0.3, 0.4) is 0 Å². The second-order valence-corrected chi connectivity index (χ2v) is 18.2. The fraction of sp³-hybridized carbons (Fsp3) is 0. The molecule has 0 fully saturated rings. The van der Waals surface area contributed by atoms with Crippen LogP contribution in [-0.2, 0) is 0 Å². The van der Waals surface area contributed by atoms with Crippen LogP contribution in [0.1, 0.15) is 5.56 Å². The zero-order chi connectivity index (χ0) is 47.4. The van der Waals surface area contributed by atoms with Gasteiger partial charge in [0.1, 0.15) is 22.9 Å². The van der Waals surface area contributed by atoms with Crippen LogP contribution in [0, 0.1) is 11.3 Å². The van der Waals surface area contributed by atoms with E-state index < -0.39 is 0 Å². The minimum Gasteiger partial charge on any atom is -0.453 e. The summed E-state index contributed by atoms with van der Waals surface area (Å²) in [7, 11) is 0. The van der Waals surface area contributed by atoms with E-state index in [1.807, 2.05) is 66.7 Å². The van der Waals surface area contributed by atoms with Crippen molar-refractivity contribution in [3.63, 3.8) is 0 Å². The molecule has 8 nitrogen and oxygen atoms in total. The topological polar surface area (TPSA) is 90.4 Å². The van der Waals surface area contributed by atoms with Gasteiger partial charge in [-0.2, -0.15) is 5.26 Å². The molecule has 0 aliphatic carbocycles. The Morgan fingerprint density at radius 2 is 0.667 bits per heavy atom. The van der Waals surface area contributed by atoms with Gasteiger partial charge in [0.25, 0.3) is 0 Å². The van der Waals surface area contributed by atoms with Gasteiger partial charge in [-0.25, -0.2) is 15.0 Å². The normalized spacial score (nSPS) is 11.9. The molecule has 5 aromatic heterocycles.